The van der Waals surface area contributed by atoms with Crippen molar-refractivity contribution >= 4 is 11.8 Å². The van der Waals surface area contributed by atoms with Crippen molar-refractivity contribution in [1.29, 1.82) is 0 Å². The Bertz CT molecular complexity index is 465. The first-order valence-corrected chi connectivity index (χ1v) is 5.92. The summed E-state index contributed by atoms with van der Waals surface area (Å²) in [6.07, 6.45) is -0.0362. The lowest BCUT2D eigenvalue weighted by Crippen LogP contribution is -2.17. The monoisotopic (exact) mass is 266 g/mol. The number of hydrogen-bond acceptors (Lipinski definition) is 5. The zero-order valence-electron chi connectivity index (χ0n) is 11.6. The van der Waals surface area contributed by atoms with Crippen LogP contribution in [0.4, 0.5) is 0 Å². The summed E-state index contributed by atoms with van der Waals surface area (Å²) in [6.45, 7) is 3.79. The van der Waals surface area contributed by atoms with E-state index in [9.17, 15) is 9.59 Å². The number of ketones is 1. The minimum atomic E-state index is -0.845. The van der Waals surface area contributed by atoms with Gasteiger partial charge in [-0.05, 0) is 31.5 Å². The van der Waals surface area contributed by atoms with Crippen LogP contribution in [0.2, 0.25) is 0 Å². The van der Waals surface area contributed by atoms with Gasteiger partial charge in [-0.1, -0.05) is 6.07 Å². The second kappa shape index (κ2) is 6.78. The summed E-state index contributed by atoms with van der Waals surface area (Å²) in [5.41, 5.74) is 0.673. The molecule has 0 N–H and O–H groups in total. The van der Waals surface area contributed by atoms with Crippen molar-refractivity contribution in [3.63, 3.8) is 0 Å². The van der Waals surface area contributed by atoms with Crippen molar-refractivity contribution in [2.75, 3.05) is 14.2 Å². The molecule has 0 aromatic heterocycles. The first-order valence-electron chi connectivity index (χ1n) is 5.92. The minimum absolute atomic E-state index is 0.0135. The summed E-state index contributed by atoms with van der Waals surface area (Å²) in [5, 5.41) is 0. The van der Waals surface area contributed by atoms with Gasteiger partial charge in [0.1, 0.15) is 0 Å². The quantitative estimate of drug-likeness (QED) is 0.580. The van der Waals surface area contributed by atoms with Crippen molar-refractivity contribution in [1.82, 2.24) is 0 Å². The number of Topliss-reactive ketones (excluding diaryl/α,β-unsaturated/α-hetero) is 1. The van der Waals surface area contributed by atoms with Gasteiger partial charge >= 0.3 is 5.97 Å². The van der Waals surface area contributed by atoms with Crippen LogP contribution in [0.5, 0.6) is 11.5 Å². The third-order valence-electron chi connectivity index (χ3n) is 2.37. The fourth-order valence-corrected chi connectivity index (χ4v) is 1.55. The summed E-state index contributed by atoms with van der Waals surface area (Å²) in [7, 11) is 2.73. The molecule has 0 aliphatic rings. The maximum atomic E-state index is 11.5. The molecule has 1 rings (SSSR count). The van der Waals surface area contributed by atoms with E-state index in [2.05, 4.69) is 4.74 Å². The Morgan fingerprint density at radius 1 is 1.16 bits per heavy atom. The molecule has 0 spiro atoms. The number of esters is 1. The highest BCUT2D eigenvalue weighted by atomic mass is 16.5. The zero-order chi connectivity index (χ0) is 14.4. The van der Waals surface area contributed by atoms with Crippen LogP contribution >= 0.6 is 0 Å². The second-order valence-corrected chi connectivity index (χ2v) is 4.24. The molecule has 0 atom stereocenters. The van der Waals surface area contributed by atoms with E-state index < -0.39 is 11.8 Å². The van der Waals surface area contributed by atoms with Crippen molar-refractivity contribution < 1.29 is 23.8 Å². The Hall–Kier alpha value is -2.04. The Balaban J connectivity index is 2.91. The zero-order valence-corrected chi connectivity index (χ0v) is 11.6. The van der Waals surface area contributed by atoms with Crippen LogP contribution in [0, 0.1) is 0 Å². The van der Waals surface area contributed by atoms with Gasteiger partial charge in [-0.25, -0.2) is 4.79 Å². The van der Waals surface area contributed by atoms with Crippen molar-refractivity contribution in [3.8, 4) is 11.5 Å². The van der Waals surface area contributed by atoms with Gasteiger partial charge in [0.2, 0.25) is 5.78 Å². The largest absolute Gasteiger partial charge is 0.493 e. The SMILES string of the molecule is COC(=O)C(=O)Cc1ccc(OC)c(OC(C)C)c1. The molecular weight excluding hydrogens is 248 g/mol. The van der Waals surface area contributed by atoms with Gasteiger partial charge in [0.25, 0.3) is 0 Å². The number of methoxy groups -OCH3 is 2. The average molecular weight is 266 g/mol. The number of benzene rings is 1. The van der Waals surface area contributed by atoms with Crippen molar-refractivity contribution in [2.45, 2.75) is 26.4 Å². The smallest absolute Gasteiger partial charge is 0.374 e. The Kier molecular flexibility index (Phi) is 5.36. The molecule has 0 fully saturated rings. The molecule has 19 heavy (non-hydrogen) atoms. The van der Waals surface area contributed by atoms with Gasteiger partial charge in [-0.3, -0.25) is 4.79 Å². The predicted octanol–water partition coefficient (Wildman–Crippen LogP) is 1.77. The number of carbonyl (C=O) groups excluding carboxylic acids is 2. The normalized spacial score (nSPS) is 10.2. The summed E-state index contributed by atoms with van der Waals surface area (Å²) in [5.74, 6) is -0.305. The molecule has 104 valence electrons. The van der Waals surface area contributed by atoms with E-state index >= 15 is 0 Å². The van der Waals surface area contributed by atoms with Gasteiger partial charge in [-0.15, -0.1) is 0 Å². The van der Waals surface area contributed by atoms with Gasteiger partial charge in [-0.2, -0.15) is 0 Å². The fourth-order valence-electron chi connectivity index (χ4n) is 1.55. The molecule has 0 bridgehead atoms. The lowest BCUT2D eigenvalue weighted by Gasteiger charge is -2.14. The second-order valence-electron chi connectivity index (χ2n) is 4.24. The number of carbonyl (C=O) groups is 2. The molecular formula is C14H18O5. The van der Waals surface area contributed by atoms with E-state index in [0.717, 1.165) is 0 Å². The number of hydrogen-bond donors (Lipinski definition) is 0. The number of rotatable bonds is 6. The molecule has 0 amide bonds. The van der Waals surface area contributed by atoms with Gasteiger partial charge < -0.3 is 14.2 Å². The Morgan fingerprint density at radius 2 is 1.84 bits per heavy atom. The maximum absolute atomic E-state index is 11.5. The topological polar surface area (TPSA) is 61.8 Å². The molecule has 0 saturated heterocycles. The fraction of sp³-hybridized carbons (Fsp3) is 0.429. The highest BCUT2D eigenvalue weighted by molar-refractivity contribution is 6.34. The molecule has 0 saturated carbocycles. The molecule has 1 aromatic carbocycles. The van der Waals surface area contributed by atoms with Gasteiger partial charge in [0, 0.05) is 6.42 Å². The average Bonchev–Trinajstić information content (AvgIpc) is 2.37. The lowest BCUT2D eigenvalue weighted by atomic mass is 10.1. The van der Waals surface area contributed by atoms with Crippen LogP contribution in [-0.2, 0) is 20.7 Å². The third-order valence-corrected chi connectivity index (χ3v) is 2.37. The lowest BCUT2D eigenvalue weighted by molar-refractivity contribution is -0.151. The van der Waals surface area contributed by atoms with Crippen LogP contribution in [0.3, 0.4) is 0 Å². The van der Waals surface area contributed by atoms with Gasteiger partial charge in [0.15, 0.2) is 11.5 Å². The molecule has 0 radical (unpaired) electrons. The molecule has 0 aliphatic heterocycles. The molecule has 1 aromatic rings. The van der Waals surface area contributed by atoms with Crippen LogP contribution in [-0.4, -0.2) is 32.1 Å². The van der Waals surface area contributed by atoms with Crippen LogP contribution in [0.25, 0.3) is 0 Å². The highest BCUT2D eigenvalue weighted by Crippen LogP contribution is 2.29. The highest BCUT2D eigenvalue weighted by Gasteiger charge is 2.16. The maximum Gasteiger partial charge on any atom is 0.374 e. The van der Waals surface area contributed by atoms with Gasteiger partial charge in [0.05, 0.1) is 20.3 Å². The summed E-state index contributed by atoms with van der Waals surface area (Å²) < 4.78 is 15.1. The Morgan fingerprint density at radius 3 is 2.37 bits per heavy atom. The van der Waals surface area contributed by atoms with Crippen LogP contribution < -0.4 is 9.47 Å². The molecule has 0 heterocycles. The summed E-state index contributed by atoms with van der Waals surface area (Å²) >= 11 is 0. The molecule has 5 heteroatoms. The van der Waals surface area contributed by atoms with Crippen molar-refractivity contribution in [3.05, 3.63) is 23.8 Å². The molecule has 0 aliphatic carbocycles. The minimum Gasteiger partial charge on any atom is -0.493 e. The first kappa shape index (κ1) is 15.0. The Labute approximate surface area is 112 Å². The van der Waals surface area contributed by atoms with Crippen LogP contribution in [0.15, 0.2) is 18.2 Å². The predicted molar refractivity (Wildman–Crippen MR) is 69.5 cm³/mol. The van der Waals surface area contributed by atoms with Crippen molar-refractivity contribution in [2.24, 2.45) is 0 Å². The van der Waals surface area contributed by atoms with E-state index in [1.807, 2.05) is 13.8 Å². The van der Waals surface area contributed by atoms with E-state index in [0.29, 0.717) is 17.1 Å². The standard InChI is InChI=1S/C14H18O5/c1-9(2)19-13-8-10(5-6-12(13)17-3)7-11(15)14(16)18-4/h5-6,8-9H,7H2,1-4H3. The number of ether oxygens (including phenoxy) is 3. The van der Waals surface area contributed by atoms with E-state index in [1.165, 1.54) is 7.11 Å². The van der Waals surface area contributed by atoms with E-state index in [1.54, 1.807) is 25.3 Å². The van der Waals surface area contributed by atoms with E-state index in [-0.39, 0.29) is 12.5 Å². The third kappa shape index (κ3) is 4.28. The van der Waals surface area contributed by atoms with E-state index in [4.69, 9.17) is 9.47 Å². The van der Waals surface area contributed by atoms with Crippen LogP contribution in [0.1, 0.15) is 19.4 Å². The summed E-state index contributed by atoms with van der Waals surface area (Å²) in [4.78, 5) is 22.6. The molecule has 5 nitrogen and oxygen atoms in total. The summed E-state index contributed by atoms with van der Waals surface area (Å²) in [6, 6.07) is 5.12. The molecule has 0 unspecified atom stereocenters. The first-order chi connectivity index (χ1) is 8.97.